The van der Waals surface area contributed by atoms with Crippen LogP contribution in [0.1, 0.15) is 38.9 Å². The van der Waals surface area contributed by atoms with Crippen molar-refractivity contribution in [1.29, 1.82) is 0 Å². The Kier molecular flexibility index (Phi) is 7.40. The van der Waals surface area contributed by atoms with Crippen LogP contribution in [0.15, 0.2) is 29.2 Å². The number of nitrogens with zero attached hydrogens (tertiary/aromatic N) is 1. The van der Waals surface area contributed by atoms with Gasteiger partial charge in [-0.15, -0.1) is 11.8 Å². The average Bonchev–Trinajstić information content (AvgIpc) is 2.43. The summed E-state index contributed by atoms with van der Waals surface area (Å²) in [6, 6.07) is 8.30. The third kappa shape index (κ3) is 5.01. The maximum Gasteiger partial charge on any atom is 0.0787 e. The van der Waals surface area contributed by atoms with Crippen LogP contribution in [0, 0.1) is 0 Å². The standard InChI is InChI=1S/C15H25NOS/c1-4-15(17)13-7-9-14(10-8-13)18-12-11-16(5-2)6-3/h7-10,15,17H,4-6,11-12H2,1-3H3/t15-/m0/s1. The van der Waals surface area contributed by atoms with Gasteiger partial charge in [0.05, 0.1) is 6.10 Å². The van der Waals surface area contributed by atoms with Gasteiger partial charge in [0.15, 0.2) is 0 Å². The molecule has 102 valence electrons. The third-order valence-corrected chi connectivity index (χ3v) is 4.21. The minimum Gasteiger partial charge on any atom is -0.388 e. The summed E-state index contributed by atoms with van der Waals surface area (Å²) < 4.78 is 0. The molecule has 1 rings (SSSR count). The maximum absolute atomic E-state index is 9.72. The summed E-state index contributed by atoms with van der Waals surface area (Å²) in [5.41, 5.74) is 1.02. The number of aliphatic hydroxyl groups excluding tert-OH is 1. The molecule has 18 heavy (non-hydrogen) atoms. The maximum atomic E-state index is 9.72. The molecule has 3 heteroatoms. The van der Waals surface area contributed by atoms with E-state index in [9.17, 15) is 5.11 Å². The predicted molar refractivity (Wildman–Crippen MR) is 80.2 cm³/mol. The zero-order chi connectivity index (χ0) is 13.4. The molecule has 0 fully saturated rings. The quantitative estimate of drug-likeness (QED) is 0.728. The Hall–Kier alpha value is -0.510. The Labute approximate surface area is 115 Å². The van der Waals surface area contributed by atoms with E-state index in [1.54, 1.807) is 0 Å². The van der Waals surface area contributed by atoms with Crippen LogP contribution < -0.4 is 0 Å². The first-order chi connectivity index (χ1) is 8.71. The molecule has 1 N–H and O–H groups in total. The zero-order valence-corrected chi connectivity index (χ0v) is 12.5. The third-order valence-electron chi connectivity index (χ3n) is 3.22. The summed E-state index contributed by atoms with van der Waals surface area (Å²) in [4.78, 5) is 3.72. The molecule has 0 aromatic heterocycles. The lowest BCUT2D eigenvalue weighted by Gasteiger charge is -2.17. The Morgan fingerprint density at radius 2 is 1.72 bits per heavy atom. The lowest BCUT2D eigenvalue weighted by Crippen LogP contribution is -2.25. The normalized spacial score (nSPS) is 12.9. The molecule has 0 amide bonds. The van der Waals surface area contributed by atoms with Crippen LogP contribution in [0.3, 0.4) is 0 Å². The van der Waals surface area contributed by atoms with E-state index in [1.165, 1.54) is 4.90 Å². The molecule has 0 unspecified atom stereocenters. The highest BCUT2D eigenvalue weighted by Crippen LogP contribution is 2.22. The molecule has 0 saturated heterocycles. The Balaban J connectivity index is 2.39. The van der Waals surface area contributed by atoms with Crippen LogP contribution in [-0.4, -0.2) is 35.4 Å². The fraction of sp³-hybridized carbons (Fsp3) is 0.600. The highest BCUT2D eigenvalue weighted by Gasteiger charge is 2.04. The molecule has 0 bridgehead atoms. The number of hydrogen-bond donors (Lipinski definition) is 1. The second-order valence-corrected chi connectivity index (χ2v) is 5.54. The highest BCUT2D eigenvalue weighted by molar-refractivity contribution is 7.99. The van der Waals surface area contributed by atoms with Gasteiger partial charge in [0.1, 0.15) is 0 Å². The number of rotatable bonds is 8. The van der Waals surface area contributed by atoms with Crippen molar-refractivity contribution in [3.8, 4) is 0 Å². The molecule has 0 spiro atoms. The predicted octanol–water partition coefficient (Wildman–Crippen LogP) is 3.56. The van der Waals surface area contributed by atoms with E-state index in [2.05, 4.69) is 30.9 Å². The summed E-state index contributed by atoms with van der Waals surface area (Å²) in [6.07, 6.45) is 0.453. The molecule has 0 radical (unpaired) electrons. The van der Waals surface area contributed by atoms with E-state index in [4.69, 9.17) is 0 Å². The number of aliphatic hydroxyl groups is 1. The topological polar surface area (TPSA) is 23.5 Å². The van der Waals surface area contributed by atoms with Crippen LogP contribution in [0.25, 0.3) is 0 Å². The molecule has 0 aliphatic rings. The highest BCUT2D eigenvalue weighted by atomic mass is 32.2. The van der Waals surface area contributed by atoms with Gasteiger partial charge >= 0.3 is 0 Å². The van der Waals surface area contributed by atoms with Gasteiger partial charge in [-0.05, 0) is 37.2 Å². The van der Waals surface area contributed by atoms with E-state index in [0.717, 1.165) is 37.4 Å². The van der Waals surface area contributed by atoms with Crippen LogP contribution in [0.5, 0.6) is 0 Å². The Morgan fingerprint density at radius 3 is 2.22 bits per heavy atom. The van der Waals surface area contributed by atoms with Crippen LogP contribution >= 0.6 is 11.8 Å². The van der Waals surface area contributed by atoms with E-state index in [1.807, 2.05) is 30.8 Å². The van der Waals surface area contributed by atoms with Gasteiger partial charge in [-0.2, -0.15) is 0 Å². The van der Waals surface area contributed by atoms with Gasteiger partial charge in [0.25, 0.3) is 0 Å². The van der Waals surface area contributed by atoms with Crippen molar-refractivity contribution in [3.63, 3.8) is 0 Å². The molecule has 1 aromatic carbocycles. The van der Waals surface area contributed by atoms with Gasteiger partial charge < -0.3 is 10.0 Å². The number of hydrogen-bond acceptors (Lipinski definition) is 3. The van der Waals surface area contributed by atoms with Crippen molar-refractivity contribution in [2.24, 2.45) is 0 Å². The van der Waals surface area contributed by atoms with Gasteiger partial charge in [0, 0.05) is 17.2 Å². The molecule has 0 saturated carbocycles. The molecular formula is C15H25NOS. The van der Waals surface area contributed by atoms with Crippen molar-refractivity contribution < 1.29 is 5.11 Å². The lowest BCUT2D eigenvalue weighted by molar-refractivity contribution is 0.173. The smallest absolute Gasteiger partial charge is 0.0787 e. The van der Waals surface area contributed by atoms with Crippen molar-refractivity contribution in [3.05, 3.63) is 29.8 Å². The average molecular weight is 267 g/mol. The van der Waals surface area contributed by atoms with E-state index in [0.29, 0.717) is 0 Å². The summed E-state index contributed by atoms with van der Waals surface area (Å²) in [7, 11) is 0. The van der Waals surface area contributed by atoms with Gasteiger partial charge in [-0.25, -0.2) is 0 Å². The van der Waals surface area contributed by atoms with Crippen LogP contribution in [0.2, 0.25) is 0 Å². The van der Waals surface area contributed by atoms with Gasteiger partial charge in [-0.3, -0.25) is 0 Å². The SMILES string of the molecule is CC[C@H](O)c1ccc(SCCN(CC)CC)cc1. The van der Waals surface area contributed by atoms with E-state index >= 15 is 0 Å². The van der Waals surface area contributed by atoms with Gasteiger partial charge in [0.2, 0.25) is 0 Å². The summed E-state index contributed by atoms with van der Waals surface area (Å²) >= 11 is 1.88. The minimum absolute atomic E-state index is 0.320. The van der Waals surface area contributed by atoms with Gasteiger partial charge in [-0.1, -0.05) is 32.9 Å². The minimum atomic E-state index is -0.320. The first-order valence-corrected chi connectivity index (χ1v) is 7.82. The second kappa shape index (κ2) is 8.57. The van der Waals surface area contributed by atoms with Crippen LogP contribution in [0.4, 0.5) is 0 Å². The van der Waals surface area contributed by atoms with Crippen molar-refractivity contribution >= 4 is 11.8 Å². The largest absolute Gasteiger partial charge is 0.388 e. The Morgan fingerprint density at radius 1 is 1.11 bits per heavy atom. The van der Waals surface area contributed by atoms with Crippen molar-refractivity contribution in [1.82, 2.24) is 4.90 Å². The Bertz CT molecular complexity index is 322. The number of benzene rings is 1. The number of thioether (sulfide) groups is 1. The van der Waals surface area contributed by atoms with E-state index < -0.39 is 0 Å². The fourth-order valence-electron chi connectivity index (χ4n) is 1.85. The molecular weight excluding hydrogens is 242 g/mol. The monoisotopic (exact) mass is 267 g/mol. The first-order valence-electron chi connectivity index (χ1n) is 6.84. The molecule has 0 heterocycles. The molecule has 0 aliphatic heterocycles. The zero-order valence-electron chi connectivity index (χ0n) is 11.7. The van der Waals surface area contributed by atoms with Crippen molar-refractivity contribution in [2.45, 2.75) is 38.2 Å². The summed E-state index contributed by atoms with van der Waals surface area (Å²) in [5.74, 6) is 1.12. The van der Waals surface area contributed by atoms with E-state index in [-0.39, 0.29) is 6.10 Å². The second-order valence-electron chi connectivity index (χ2n) is 4.37. The van der Waals surface area contributed by atoms with Crippen LogP contribution in [-0.2, 0) is 0 Å². The first kappa shape index (κ1) is 15.5. The molecule has 1 aromatic rings. The molecule has 1 atom stereocenters. The molecule has 0 aliphatic carbocycles. The summed E-state index contributed by atoms with van der Waals surface area (Å²) in [5, 5.41) is 9.72. The van der Waals surface area contributed by atoms with Crippen molar-refractivity contribution in [2.75, 3.05) is 25.4 Å². The molecule has 2 nitrogen and oxygen atoms in total. The summed E-state index contributed by atoms with van der Waals surface area (Å²) in [6.45, 7) is 9.79. The lowest BCUT2D eigenvalue weighted by atomic mass is 10.1. The fourth-order valence-corrected chi connectivity index (χ4v) is 2.77.